The Hall–Kier alpha value is -0.630. The Morgan fingerprint density at radius 3 is 2.30 bits per heavy atom. The maximum Gasteiger partial charge on any atom is 0.145 e. The van der Waals surface area contributed by atoms with E-state index in [4.69, 9.17) is 11.6 Å². The molecule has 0 saturated heterocycles. The zero-order chi connectivity index (χ0) is 7.56. The van der Waals surface area contributed by atoms with E-state index in [0.29, 0.717) is 5.82 Å². The van der Waals surface area contributed by atoms with Gasteiger partial charge in [-0.3, -0.25) is 0 Å². The summed E-state index contributed by atoms with van der Waals surface area (Å²) < 4.78 is 0. The lowest BCUT2D eigenvalue weighted by Gasteiger charge is -1.99. The molecule has 2 nitrogen and oxygen atoms in total. The lowest BCUT2D eigenvalue weighted by molar-refractivity contribution is 0.901. The predicted molar refractivity (Wildman–Crippen MR) is 41.0 cm³/mol. The van der Waals surface area contributed by atoms with Crippen molar-refractivity contribution in [3.05, 3.63) is 23.8 Å². The number of halogens is 1. The Labute approximate surface area is 65.3 Å². The highest BCUT2D eigenvalue weighted by Crippen LogP contribution is 2.13. The van der Waals surface area contributed by atoms with Gasteiger partial charge in [0, 0.05) is 12.4 Å². The van der Waals surface area contributed by atoms with Gasteiger partial charge in [-0.25, -0.2) is 9.97 Å². The van der Waals surface area contributed by atoms with Crippen LogP contribution in [0.5, 0.6) is 0 Å². The molecule has 0 aliphatic heterocycles. The van der Waals surface area contributed by atoms with Crippen molar-refractivity contribution >= 4 is 11.6 Å². The molecule has 0 saturated carbocycles. The van der Waals surface area contributed by atoms with Gasteiger partial charge in [-0.2, -0.15) is 0 Å². The first-order chi connectivity index (χ1) is 4.70. The molecule has 1 rings (SSSR count). The maximum atomic E-state index is 5.73. The molecule has 0 aliphatic carbocycles. The van der Waals surface area contributed by atoms with Crippen LogP contribution < -0.4 is 0 Å². The number of rotatable bonds is 1. The van der Waals surface area contributed by atoms with E-state index >= 15 is 0 Å². The van der Waals surface area contributed by atoms with Gasteiger partial charge in [-0.15, -0.1) is 11.6 Å². The lowest BCUT2D eigenvalue weighted by Crippen LogP contribution is -1.94. The Morgan fingerprint density at radius 1 is 1.40 bits per heavy atom. The van der Waals surface area contributed by atoms with Gasteiger partial charge in [0.05, 0.1) is 5.38 Å². The van der Waals surface area contributed by atoms with Crippen molar-refractivity contribution in [2.24, 2.45) is 0 Å². The van der Waals surface area contributed by atoms with Crippen LogP contribution in [0.2, 0.25) is 0 Å². The molecule has 0 bridgehead atoms. The molecule has 3 heteroatoms. The number of alkyl halides is 1. The molecule has 0 aliphatic rings. The number of aromatic nitrogens is 2. The van der Waals surface area contributed by atoms with Crippen LogP contribution >= 0.6 is 11.6 Å². The van der Waals surface area contributed by atoms with Gasteiger partial charge in [-0.1, -0.05) is 0 Å². The largest absolute Gasteiger partial charge is 0.240 e. The fourth-order valence-electron chi connectivity index (χ4n) is 0.608. The molecule has 1 atom stereocenters. The van der Waals surface area contributed by atoms with Gasteiger partial charge in [0.1, 0.15) is 5.82 Å². The molecule has 1 heterocycles. The fraction of sp³-hybridized carbons (Fsp3) is 0.429. The third kappa shape index (κ3) is 1.67. The minimum absolute atomic E-state index is 0.0967. The molecular formula is C7H9ClN2. The second-order valence-electron chi connectivity index (χ2n) is 2.23. The molecule has 0 fully saturated rings. The lowest BCUT2D eigenvalue weighted by atomic mass is 10.4. The Balaban J connectivity index is 2.89. The zero-order valence-corrected chi connectivity index (χ0v) is 6.76. The Bertz CT molecular complexity index is 205. The van der Waals surface area contributed by atoms with Crippen molar-refractivity contribution in [3.8, 4) is 0 Å². The third-order valence-electron chi connectivity index (χ3n) is 1.16. The highest BCUT2D eigenvalue weighted by Gasteiger charge is 2.01. The zero-order valence-electron chi connectivity index (χ0n) is 6.00. The molecule has 10 heavy (non-hydrogen) atoms. The standard InChI is InChI=1S/C7H9ClN2/c1-5-3-9-7(6(2)8)10-4-5/h3-4,6H,1-2H3. The van der Waals surface area contributed by atoms with Crippen LogP contribution in [-0.2, 0) is 0 Å². The third-order valence-corrected chi connectivity index (χ3v) is 1.35. The van der Waals surface area contributed by atoms with Crippen LogP contribution in [0.4, 0.5) is 0 Å². The molecular weight excluding hydrogens is 148 g/mol. The average molecular weight is 157 g/mol. The van der Waals surface area contributed by atoms with E-state index in [1.165, 1.54) is 0 Å². The van der Waals surface area contributed by atoms with Crippen molar-refractivity contribution in [3.63, 3.8) is 0 Å². The van der Waals surface area contributed by atoms with Crippen molar-refractivity contribution in [2.45, 2.75) is 19.2 Å². The quantitative estimate of drug-likeness (QED) is 0.582. The molecule has 1 aromatic heterocycles. The summed E-state index contributed by atoms with van der Waals surface area (Å²) in [6.07, 6.45) is 3.53. The van der Waals surface area contributed by atoms with Crippen LogP contribution in [0.15, 0.2) is 12.4 Å². The normalized spacial score (nSPS) is 13.1. The van der Waals surface area contributed by atoms with E-state index in [1.54, 1.807) is 12.4 Å². The highest BCUT2D eigenvalue weighted by molar-refractivity contribution is 6.20. The van der Waals surface area contributed by atoms with Gasteiger partial charge in [0.15, 0.2) is 0 Å². The molecule has 0 spiro atoms. The first-order valence-electron chi connectivity index (χ1n) is 3.13. The SMILES string of the molecule is Cc1cnc(C(C)Cl)nc1. The smallest absolute Gasteiger partial charge is 0.145 e. The maximum absolute atomic E-state index is 5.73. The van der Waals surface area contributed by atoms with E-state index in [2.05, 4.69) is 9.97 Å². The predicted octanol–water partition coefficient (Wildman–Crippen LogP) is 2.08. The number of hydrogen-bond acceptors (Lipinski definition) is 2. The van der Waals surface area contributed by atoms with Crippen LogP contribution in [-0.4, -0.2) is 9.97 Å². The fourth-order valence-corrected chi connectivity index (χ4v) is 0.721. The van der Waals surface area contributed by atoms with Crippen LogP contribution in [0.25, 0.3) is 0 Å². The summed E-state index contributed by atoms with van der Waals surface area (Å²) in [5.41, 5.74) is 1.06. The summed E-state index contributed by atoms with van der Waals surface area (Å²) in [5.74, 6) is 0.687. The summed E-state index contributed by atoms with van der Waals surface area (Å²) in [7, 11) is 0. The summed E-state index contributed by atoms with van der Waals surface area (Å²) in [6, 6.07) is 0. The van der Waals surface area contributed by atoms with Crippen molar-refractivity contribution < 1.29 is 0 Å². The molecule has 1 unspecified atom stereocenters. The van der Waals surface area contributed by atoms with Gasteiger partial charge in [-0.05, 0) is 19.4 Å². The highest BCUT2D eigenvalue weighted by atomic mass is 35.5. The average Bonchev–Trinajstić information content (AvgIpc) is 1.88. The van der Waals surface area contributed by atoms with Crippen molar-refractivity contribution in [1.82, 2.24) is 9.97 Å². The number of aryl methyl sites for hydroxylation is 1. The van der Waals surface area contributed by atoms with Gasteiger partial charge in [0.25, 0.3) is 0 Å². The Kier molecular flexibility index (Phi) is 2.22. The Morgan fingerprint density at radius 2 is 1.90 bits per heavy atom. The van der Waals surface area contributed by atoms with Crippen LogP contribution in [0, 0.1) is 6.92 Å². The number of hydrogen-bond donors (Lipinski definition) is 0. The van der Waals surface area contributed by atoms with E-state index in [9.17, 15) is 0 Å². The second kappa shape index (κ2) is 2.97. The van der Waals surface area contributed by atoms with E-state index in [-0.39, 0.29) is 5.38 Å². The summed E-state index contributed by atoms with van der Waals surface area (Å²) in [4.78, 5) is 8.07. The molecule has 0 aromatic carbocycles. The summed E-state index contributed by atoms with van der Waals surface area (Å²) in [5, 5.41) is -0.0967. The van der Waals surface area contributed by atoms with E-state index in [0.717, 1.165) is 5.56 Å². The van der Waals surface area contributed by atoms with Gasteiger partial charge in [0.2, 0.25) is 0 Å². The monoisotopic (exact) mass is 156 g/mol. The second-order valence-corrected chi connectivity index (χ2v) is 2.89. The molecule has 0 N–H and O–H groups in total. The van der Waals surface area contributed by atoms with E-state index < -0.39 is 0 Å². The minimum Gasteiger partial charge on any atom is -0.240 e. The first kappa shape index (κ1) is 7.48. The van der Waals surface area contributed by atoms with Gasteiger partial charge >= 0.3 is 0 Å². The van der Waals surface area contributed by atoms with Crippen molar-refractivity contribution in [2.75, 3.05) is 0 Å². The van der Waals surface area contributed by atoms with Crippen LogP contribution in [0.1, 0.15) is 23.7 Å². The topological polar surface area (TPSA) is 25.8 Å². The van der Waals surface area contributed by atoms with Crippen molar-refractivity contribution in [1.29, 1.82) is 0 Å². The molecule has 0 radical (unpaired) electrons. The van der Waals surface area contributed by atoms with Crippen LogP contribution in [0.3, 0.4) is 0 Å². The minimum atomic E-state index is -0.0967. The first-order valence-corrected chi connectivity index (χ1v) is 3.56. The number of nitrogens with zero attached hydrogens (tertiary/aromatic N) is 2. The molecule has 0 amide bonds. The van der Waals surface area contributed by atoms with Gasteiger partial charge < -0.3 is 0 Å². The van der Waals surface area contributed by atoms with E-state index in [1.807, 2.05) is 13.8 Å². The molecule has 54 valence electrons. The summed E-state index contributed by atoms with van der Waals surface area (Å²) in [6.45, 7) is 3.80. The molecule has 1 aromatic rings. The summed E-state index contributed by atoms with van der Waals surface area (Å²) >= 11 is 5.73.